The Labute approximate surface area is 126 Å². The van der Waals surface area contributed by atoms with E-state index in [4.69, 9.17) is 14.2 Å². The van der Waals surface area contributed by atoms with Gasteiger partial charge in [-0.05, 0) is 43.6 Å². The second-order valence-electron chi connectivity index (χ2n) is 5.65. The smallest absolute Gasteiger partial charge is 0.231 e. The second kappa shape index (κ2) is 6.54. The summed E-state index contributed by atoms with van der Waals surface area (Å²) in [5.74, 6) is 2.27. The first-order valence-corrected chi connectivity index (χ1v) is 7.72. The zero-order chi connectivity index (χ0) is 14.7. The van der Waals surface area contributed by atoms with Gasteiger partial charge >= 0.3 is 0 Å². The minimum Gasteiger partial charge on any atom is -0.493 e. The van der Waals surface area contributed by atoms with E-state index in [1.165, 1.54) is 18.4 Å². The maximum atomic E-state index is 5.50. The molecule has 0 aromatic heterocycles. The highest BCUT2D eigenvalue weighted by Gasteiger charge is 2.22. The lowest BCUT2D eigenvalue weighted by Crippen LogP contribution is -2.37. The Morgan fingerprint density at radius 1 is 1.38 bits per heavy atom. The summed E-state index contributed by atoms with van der Waals surface area (Å²) in [4.78, 5) is 2.46. The van der Waals surface area contributed by atoms with Crippen LogP contribution < -0.4 is 19.5 Å². The lowest BCUT2D eigenvalue weighted by atomic mass is 10.1. The van der Waals surface area contributed by atoms with Gasteiger partial charge < -0.3 is 19.5 Å². The van der Waals surface area contributed by atoms with Gasteiger partial charge in [-0.1, -0.05) is 6.92 Å². The molecule has 3 rings (SSSR count). The molecule has 1 aromatic rings. The van der Waals surface area contributed by atoms with E-state index in [9.17, 15) is 0 Å². The summed E-state index contributed by atoms with van der Waals surface area (Å²) in [6, 6.07) is 4.74. The maximum Gasteiger partial charge on any atom is 0.231 e. The molecule has 5 nitrogen and oxygen atoms in total. The number of rotatable bonds is 6. The molecule has 0 spiro atoms. The van der Waals surface area contributed by atoms with E-state index in [0.29, 0.717) is 6.04 Å². The second-order valence-corrected chi connectivity index (χ2v) is 5.65. The van der Waals surface area contributed by atoms with Crippen LogP contribution in [0.3, 0.4) is 0 Å². The standard InChI is InChI=1S/C16H24N2O3/c1-3-18(10-13-5-4-6-17-13)9-12-7-14(19-2)16-15(8-12)20-11-21-16/h7-8,13,17H,3-6,9-11H2,1-2H3. The highest BCUT2D eigenvalue weighted by Crippen LogP contribution is 2.42. The third-order valence-corrected chi connectivity index (χ3v) is 4.21. The largest absolute Gasteiger partial charge is 0.493 e. The average Bonchev–Trinajstić information content (AvgIpc) is 3.16. The van der Waals surface area contributed by atoms with Crippen LogP contribution in [-0.2, 0) is 6.54 Å². The molecule has 0 saturated carbocycles. The Bertz CT molecular complexity index is 487. The Balaban J connectivity index is 1.70. The summed E-state index contributed by atoms with van der Waals surface area (Å²) in [6.45, 7) is 6.67. The van der Waals surface area contributed by atoms with Crippen LogP contribution in [0, 0.1) is 0 Å². The van der Waals surface area contributed by atoms with Gasteiger partial charge in [-0.2, -0.15) is 0 Å². The first kappa shape index (κ1) is 14.5. The van der Waals surface area contributed by atoms with E-state index in [2.05, 4.69) is 29.3 Å². The highest BCUT2D eigenvalue weighted by molar-refractivity contribution is 5.55. The minimum absolute atomic E-state index is 0.276. The quantitative estimate of drug-likeness (QED) is 0.868. The summed E-state index contributed by atoms with van der Waals surface area (Å²) in [5, 5.41) is 3.56. The van der Waals surface area contributed by atoms with Crippen molar-refractivity contribution in [2.75, 3.05) is 33.5 Å². The van der Waals surface area contributed by atoms with Crippen molar-refractivity contribution in [2.45, 2.75) is 32.4 Å². The number of methoxy groups -OCH3 is 1. The Morgan fingerprint density at radius 2 is 2.29 bits per heavy atom. The van der Waals surface area contributed by atoms with Gasteiger partial charge in [0.25, 0.3) is 0 Å². The summed E-state index contributed by atoms with van der Waals surface area (Å²) in [5.41, 5.74) is 1.20. The molecule has 2 heterocycles. The molecule has 1 saturated heterocycles. The van der Waals surface area contributed by atoms with Crippen LogP contribution in [-0.4, -0.2) is 44.5 Å². The number of fused-ring (bicyclic) bond motifs is 1. The molecule has 2 aliphatic heterocycles. The minimum atomic E-state index is 0.276. The summed E-state index contributed by atoms with van der Waals surface area (Å²) >= 11 is 0. The monoisotopic (exact) mass is 292 g/mol. The van der Waals surface area contributed by atoms with Gasteiger partial charge in [-0.3, -0.25) is 4.90 Å². The highest BCUT2D eigenvalue weighted by atomic mass is 16.7. The van der Waals surface area contributed by atoms with Gasteiger partial charge in [-0.25, -0.2) is 0 Å². The Kier molecular flexibility index (Phi) is 4.51. The van der Waals surface area contributed by atoms with Crippen molar-refractivity contribution in [2.24, 2.45) is 0 Å². The van der Waals surface area contributed by atoms with Gasteiger partial charge in [0.1, 0.15) is 0 Å². The first-order valence-electron chi connectivity index (χ1n) is 7.72. The normalized spacial score (nSPS) is 20.2. The van der Waals surface area contributed by atoms with Gasteiger partial charge in [0, 0.05) is 19.1 Å². The van der Waals surface area contributed by atoms with Crippen molar-refractivity contribution in [3.05, 3.63) is 17.7 Å². The molecule has 0 aliphatic carbocycles. The third kappa shape index (κ3) is 3.24. The lowest BCUT2D eigenvalue weighted by Gasteiger charge is -2.24. The maximum absolute atomic E-state index is 5.50. The van der Waals surface area contributed by atoms with Crippen LogP contribution >= 0.6 is 0 Å². The molecule has 21 heavy (non-hydrogen) atoms. The fourth-order valence-electron chi connectivity index (χ4n) is 3.06. The third-order valence-electron chi connectivity index (χ3n) is 4.21. The zero-order valence-electron chi connectivity index (χ0n) is 12.9. The number of nitrogens with one attached hydrogen (secondary N) is 1. The van der Waals surface area contributed by atoms with E-state index in [1.807, 2.05) is 0 Å². The molecule has 0 bridgehead atoms. The fourth-order valence-corrected chi connectivity index (χ4v) is 3.06. The molecule has 116 valence electrons. The fraction of sp³-hybridized carbons (Fsp3) is 0.625. The predicted octanol–water partition coefficient (Wildman–Crippen LogP) is 2.00. The SMILES string of the molecule is CCN(Cc1cc(OC)c2c(c1)OCO2)CC1CCCN1. The van der Waals surface area contributed by atoms with E-state index in [-0.39, 0.29) is 6.79 Å². The number of hydrogen-bond acceptors (Lipinski definition) is 5. The zero-order valence-corrected chi connectivity index (χ0v) is 12.9. The molecule has 1 atom stereocenters. The lowest BCUT2D eigenvalue weighted by molar-refractivity contribution is 0.171. The van der Waals surface area contributed by atoms with Gasteiger partial charge in [0.05, 0.1) is 7.11 Å². The van der Waals surface area contributed by atoms with E-state index < -0.39 is 0 Å². The summed E-state index contributed by atoms with van der Waals surface area (Å²) < 4.78 is 16.4. The van der Waals surface area contributed by atoms with Crippen molar-refractivity contribution in [3.8, 4) is 17.2 Å². The van der Waals surface area contributed by atoms with Crippen LogP contribution in [0.25, 0.3) is 0 Å². The molecule has 1 N–H and O–H groups in total. The van der Waals surface area contributed by atoms with Crippen LogP contribution in [0.15, 0.2) is 12.1 Å². The molecular weight excluding hydrogens is 268 g/mol. The average molecular weight is 292 g/mol. The first-order chi connectivity index (χ1) is 10.3. The molecule has 2 aliphatic rings. The van der Waals surface area contributed by atoms with Crippen LogP contribution in [0.2, 0.25) is 0 Å². The number of likely N-dealkylation sites (N-methyl/N-ethyl adjacent to an activating group) is 1. The Hall–Kier alpha value is -1.46. The van der Waals surface area contributed by atoms with E-state index in [0.717, 1.165) is 43.4 Å². The number of nitrogens with zero attached hydrogens (tertiary/aromatic N) is 1. The number of ether oxygens (including phenoxy) is 3. The molecule has 0 radical (unpaired) electrons. The molecule has 1 unspecified atom stereocenters. The number of benzene rings is 1. The van der Waals surface area contributed by atoms with Crippen molar-refractivity contribution in [1.29, 1.82) is 0 Å². The van der Waals surface area contributed by atoms with Crippen molar-refractivity contribution < 1.29 is 14.2 Å². The van der Waals surface area contributed by atoms with Crippen molar-refractivity contribution >= 4 is 0 Å². The van der Waals surface area contributed by atoms with Crippen LogP contribution in [0.4, 0.5) is 0 Å². The number of hydrogen-bond donors (Lipinski definition) is 1. The van der Waals surface area contributed by atoms with E-state index >= 15 is 0 Å². The summed E-state index contributed by atoms with van der Waals surface area (Å²) in [7, 11) is 1.67. The summed E-state index contributed by atoms with van der Waals surface area (Å²) in [6.07, 6.45) is 2.57. The van der Waals surface area contributed by atoms with Crippen LogP contribution in [0.5, 0.6) is 17.2 Å². The van der Waals surface area contributed by atoms with E-state index in [1.54, 1.807) is 7.11 Å². The van der Waals surface area contributed by atoms with Crippen LogP contribution in [0.1, 0.15) is 25.3 Å². The Morgan fingerprint density at radius 3 is 3.00 bits per heavy atom. The molecule has 0 amide bonds. The molecule has 1 fully saturated rings. The van der Waals surface area contributed by atoms with Crippen molar-refractivity contribution in [3.63, 3.8) is 0 Å². The molecule has 1 aromatic carbocycles. The van der Waals surface area contributed by atoms with Crippen molar-refractivity contribution in [1.82, 2.24) is 10.2 Å². The van der Waals surface area contributed by atoms with Gasteiger partial charge in [0.15, 0.2) is 11.5 Å². The van der Waals surface area contributed by atoms with Gasteiger partial charge in [-0.15, -0.1) is 0 Å². The molecular formula is C16H24N2O3. The molecule has 5 heteroatoms. The van der Waals surface area contributed by atoms with Gasteiger partial charge in [0.2, 0.25) is 12.5 Å². The predicted molar refractivity (Wildman–Crippen MR) is 81.1 cm³/mol. The topological polar surface area (TPSA) is 43.0 Å².